The minimum absolute atomic E-state index is 0. The molecule has 0 unspecified atom stereocenters. The van der Waals surface area contributed by atoms with Gasteiger partial charge in [0.1, 0.15) is 16.3 Å². The van der Waals surface area contributed by atoms with Gasteiger partial charge in [0, 0.05) is 14.1 Å². The van der Waals surface area contributed by atoms with Crippen LogP contribution in [0, 0.1) is 0 Å². The molecular formula is C13H14KN3O3S2. The Morgan fingerprint density at radius 2 is 1.91 bits per heavy atom. The van der Waals surface area contributed by atoms with Gasteiger partial charge in [-0.3, -0.25) is 0 Å². The molecule has 2 aromatic rings. The third-order valence-corrected chi connectivity index (χ3v) is 4.99. The molecule has 0 bridgehead atoms. The zero-order chi connectivity index (χ0) is 15.5. The number of ether oxygens (including phenoxy) is 1. The average Bonchev–Trinajstić information content (AvgIpc) is 2.80. The molecule has 0 aliphatic heterocycles. The van der Waals surface area contributed by atoms with Gasteiger partial charge in [-0.15, -0.1) is 4.40 Å². The van der Waals surface area contributed by atoms with Gasteiger partial charge >= 0.3 is 51.4 Å². The van der Waals surface area contributed by atoms with Gasteiger partial charge in [0.05, 0.1) is 0 Å². The SMILES string of the molecule is CN(C)/C=N/S(=O)(=O)c1cc([NH-])c(Oc2ccccc2)s1.[K+]. The molecule has 9 heteroatoms. The molecule has 6 nitrogen and oxygen atoms in total. The van der Waals surface area contributed by atoms with Crippen LogP contribution in [-0.4, -0.2) is 33.8 Å². The summed E-state index contributed by atoms with van der Waals surface area (Å²) >= 11 is 0.883. The minimum atomic E-state index is -3.80. The van der Waals surface area contributed by atoms with Crippen LogP contribution >= 0.6 is 11.3 Å². The molecule has 112 valence electrons. The van der Waals surface area contributed by atoms with E-state index in [1.807, 2.05) is 6.07 Å². The molecule has 0 aliphatic rings. The summed E-state index contributed by atoms with van der Waals surface area (Å²) in [7, 11) is -0.455. The molecule has 1 N–H and O–H groups in total. The Morgan fingerprint density at radius 1 is 1.27 bits per heavy atom. The van der Waals surface area contributed by atoms with Crippen molar-refractivity contribution in [1.29, 1.82) is 0 Å². The number of para-hydroxylation sites is 1. The molecule has 1 aromatic carbocycles. The van der Waals surface area contributed by atoms with Crippen molar-refractivity contribution >= 4 is 33.4 Å². The molecule has 1 heterocycles. The Balaban J connectivity index is 0.00000242. The quantitative estimate of drug-likeness (QED) is 0.440. The van der Waals surface area contributed by atoms with Gasteiger partial charge in [0.15, 0.2) is 5.06 Å². The van der Waals surface area contributed by atoms with Crippen LogP contribution in [0.1, 0.15) is 0 Å². The number of benzene rings is 1. The Morgan fingerprint density at radius 3 is 2.50 bits per heavy atom. The second-order valence-corrected chi connectivity index (χ2v) is 7.22. The molecule has 0 fully saturated rings. The van der Waals surface area contributed by atoms with E-state index in [1.54, 1.807) is 38.4 Å². The second-order valence-electron chi connectivity index (χ2n) is 4.34. The normalized spacial score (nSPS) is 11.2. The topological polar surface area (TPSA) is 82.8 Å². The third kappa shape index (κ3) is 5.34. The van der Waals surface area contributed by atoms with Crippen molar-refractivity contribution in [3.05, 3.63) is 42.1 Å². The summed E-state index contributed by atoms with van der Waals surface area (Å²) in [5, 5.41) is 0.222. The van der Waals surface area contributed by atoms with Crippen LogP contribution in [0.3, 0.4) is 0 Å². The van der Waals surface area contributed by atoms with Crippen molar-refractivity contribution in [2.75, 3.05) is 14.1 Å². The maximum absolute atomic E-state index is 12.0. The van der Waals surface area contributed by atoms with Crippen LogP contribution < -0.4 is 56.1 Å². The van der Waals surface area contributed by atoms with E-state index in [0.717, 1.165) is 11.3 Å². The molecule has 22 heavy (non-hydrogen) atoms. The predicted molar refractivity (Wildman–Crippen MR) is 84.2 cm³/mol. The van der Waals surface area contributed by atoms with Gasteiger partial charge in [0.2, 0.25) is 0 Å². The number of sulfonamides is 1. The molecule has 0 aliphatic carbocycles. The van der Waals surface area contributed by atoms with Gasteiger partial charge in [-0.25, -0.2) is 0 Å². The summed E-state index contributed by atoms with van der Waals surface area (Å²) in [4.78, 5) is 1.52. The Bertz CT molecular complexity index is 743. The molecule has 1 aromatic heterocycles. The van der Waals surface area contributed by atoms with E-state index >= 15 is 0 Å². The molecule has 0 radical (unpaired) electrons. The van der Waals surface area contributed by atoms with Crippen LogP contribution in [0.2, 0.25) is 0 Å². The Labute approximate surface area is 176 Å². The summed E-state index contributed by atoms with van der Waals surface area (Å²) in [6.07, 6.45) is 1.20. The van der Waals surface area contributed by atoms with Crippen molar-refractivity contribution < 1.29 is 64.5 Å². The number of rotatable bonds is 5. The van der Waals surface area contributed by atoms with Crippen molar-refractivity contribution in [1.82, 2.24) is 4.90 Å². The number of hydrogen-bond donors (Lipinski definition) is 0. The molecule has 0 saturated heterocycles. The van der Waals surface area contributed by atoms with E-state index in [4.69, 9.17) is 10.5 Å². The number of nitrogens with zero attached hydrogens (tertiary/aromatic N) is 2. The van der Waals surface area contributed by atoms with Gasteiger partial charge in [0.25, 0.3) is 10.0 Å². The Hall–Kier alpha value is -0.424. The minimum Gasteiger partial charge on any atom is -0.695 e. The molecule has 0 atom stereocenters. The summed E-state index contributed by atoms with van der Waals surface area (Å²) in [5.41, 5.74) is 7.81. The predicted octanol–water partition coefficient (Wildman–Crippen LogP) is 0.507. The van der Waals surface area contributed by atoms with E-state index in [0.29, 0.717) is 5.75 Å². The fourth-order valence-electron chi connectivity index (χ4n) is 1.36. The van der Waals surface area contributed by atoms with Crippen LogP contribution in [-0.2, 0) is 10.0 Å². The standard InChI is InChI=1S/C13H14N3O3S2.K/c1-16(2)9-15-21(17,18)12-8-11(14)13(20-12)19-10-6-4-3-5-7-10;/h3-9,14H,1-2H3;/q-1;+1/b15-9+;. The van der Waals surface area contributed by atoms with Gasteiger partial charge in [-0.1, -0.05) is 35.2 Å². The monoisotopic (exact) mass is 363 g/mol. The second kappa shape index (κ2) is 8.43. The molecule has 0 spiro atoms. The summed E-state index contributed by atoms with van der Waals surface area (Å²) in [6.45, 7) is 0. The first-order chi connectivity index (χ1) is 9.88. The van der Waals surface area contributed by atoms with Gasteiger partial charge in [-0.05, 0) is 18.2 Å². The first-order valence-corrected chi connectivity index (χ1v) is 8.19. The Kier molecular flexibility index (Phi) is 7.52. The number of thiophene rings is 1. The fourth-order valence-corrected chi connectivity index (χ4v) is 3.49. The van der Waals surface area contributed by atoms with E-state index in [9.17, 15) is 8.42 Å². The van der Waals surface area contributed by atoms with Crippen LogP contribution in [0.5, 0.6) is 10.8 Å². The molecule has 2 rings (SSSR count). The van der Waals surface area contributed by atoms with Crippen LogP contribution in [0.25, 0.3) is 5.73 Å². The van der Waals surface area contributed by atoms with Crippen molar-refractivity contribution in [3.8, 4) is 10.8 Å². The summed E-state index contributed by atoms with van der Waals surface area (Å²) in [6, 6.07) is 10.1. The summed E-state index contributed by atoms with van der Waals surface area (Å²) in [5.74, 6) is 0.550. The van der Waals surface area contributed by atoms with Crippen LogP contribution in [0.15, 0.2) is 45.0 Å². The average molecular weight is 364 g/mol. The fraction of sp³-hybridized carbons (Fsp3) is 0.154. The molecular weight excluding hydrogens is 349 g/mol. The smallest absolute Gasteiger partial charge is 0.695 e. The van der Waals surface area contributed by atoms with E-state index < -0.39 is 10.0 Å². The number of nitrogens with one attached hydrogen (secondary N) is 1. The van der Waals surface area contributed by atoms with Crippen molar-refractivity contribution in [2.45, 2.75) is 4.21 Å². The zero-order valence-corrected chi connectivity index (χ0v) is 17.2. The van der Waals surface area contributed by atoms with Gasteiger partial charge < -0.3 is 15.4 Å². The van der Waals surface area contributed by atoms with Crippen LogP contribution in [0.4, 0.5) is 5.69 Å². The first-order valence-electron chi connectivity index (χ1n) is 5.94. The maximum Gasteiger partial charge on any atom is 1.00 e. The maximum atomic E-state index is 12.0. The largest absolute Gasteiger partial charge is 1.00 e. The zero-order valence-electron chi connectivity index (χ0n) is 12.5. The van der Waals surface area contributed by atoms with Crippen molar-refractivity contribution in [2.24, 2.45) is 4.40 Å². The van der Waals surface area contributed by atoms with Gasteiger partial charge in [-0.2, -0.15) is 8.42 Å². The van der Waals surface area contributed by atoms with Crippen molar-refractivity contribution in [3.63, 3.8) is 0 Å². The first kappa shape index (κ1) is 19.6. The molecule has 0 amide bonds. The molecule has 0 saturated carbocycles. The number of hydrogen-bond acceptors (Lipinski definition) is 4. The van der Waals surface area contributed by atoms with E-state index in [2.05, 4.69) is 4.40 Å². The van der Waals surface area contributed by atoms with E-state index in [1.165, 1.54) is 17.3 Å². The summed E-state index contributed by atoms with van der Waals surface area (Å²) < 4.78 is 33.0. The van der Waals surface area contributed by atoms with E-state index in [-0.39, 0.29) is 66.3 Å². The third-order valence-electron chi connectivity index (χ3n) is 2.30.